The number of amidine groups is 1. The zero-order valence-corrected chi connectivity index (χ0v) is 12.1. The van der Waals surface area contributed by atoms with Crippen molar-refractivity contribution in [1.82, 2.24) is 9.80 Å². The number of para-hydroxylation sites is 2. The second-order valence-electron chi connectivity index (χ2n) is 4.65. The number of aryl methyl sites for hydroxylation is 1. The van der Waals surface area contributed by atoms with E-state index in [-0.39, 0.29) is 26.8 Å². The van der Waals surface area contributed by atoms with Gasteiger partial charge in [-0.15, -0.1) is 11.3 Å². The first kappa shape index (κ1) is 5.35. The molecule has 114 valence electrons. The van der Waals surface area contributed by atoms with Crippen LogP contribution in [0.25, 0.3) is 0 Å². The molecule has 1 N–H and O–H groups in total. The minimum Gasteiger partial charge on any atom is -0.353 e. The summed E-state index contributed by atoms with van der Waals surface area (Å²) in [6.07, 6.45) is 0. The number of rotatable bonds is 0. The summed E-state index contributed by atoms with van der Waals surface area (Å²) in [6, 6.07) is -1.07. The van der Waals surface area contributed by atoms with E-state index in [1.807, 2.05) is 0 Å². The van der Waals surface area contributed by atoms with E-state index in [1.54, 1.807) is 0 Å². The van der Waals surface area contributed by atoms with Gasteiger partial charge in [-0.25, -0.2) is 4.99 Å². The second kappa shape index (κ2) is 5.41. The molecular formula is C17H20N4S. The molecule has 0 atom stereocenters. The summed E-state index contributed by atoms with van der Waals surface area (Å²) in [5.74, 6) is -0.423. The molecule has 3 heterocycles. The Balaban J connectivity index is 2.02. The number of benzene rings is 1. The van der Waals surface area contributed by atoms with Crippen molar-refractivity contribution in [3.63, 3.8) is 0 Å². The summed E-state index contributed by atoms with van der Waals surface area (Å²) in [6.45, 7) is -12.2. The fourth-order valence-electron chi connectivity index (χ4n) is 2.15. The molecule has 1 aromatic heterocycles. The van der Waals surface area contributed by atoms with Crippen LogP contribution in [0.15, 0.2) is 35.2 Å². The molecule has 0 amide bonds. The molecule has 0 unspecified atom stereocenters. The van der Waals surface area contributed by atoms with E-state index in [0.29, 0.717) is 9.80 Å². The highest BCUT2D eigenvalue weighted by Gasteiger charge is 2.25. The summed E-state index contributed by atoms with van der Waals surface area (Å²) in [4.78, 5) is 5.46. The SMILES string of the molecule is [2H]c1c([2H])c([2H])c2c(c1[2H])N=C(N1C([2H])([2H])CN(C([2H])([2H])[2H])CC1([2H])[2H])c1cc(C([2H])([2H])[2H])sc1N2. The number of thiophene rings is 1. The zero-order chi connectivity index (χ0) is 27.2. The predicted molar refractivity (Wildman–Crippen MR) is 94.0 cm³/mol. The normalized spacial score (nSPS) is 33.1. The quantitative estimate of drug-likeness (QED) is 0.804. The van der Waals surface area contributed by atoms with E-state index in [0.717, 1.165) is 11.3 Å². The highest BCUT2D eigenvalue weighted by atomic mass is 32.1. The van der Waals surface area contributed by atoms with Gasteiger partial charge in [-0.1, -0.05) is 12.1 Å². The largest absolute Gasteiger partial charge is 0.353 e. The van der Waals surface area contributed by atoms with Crippen LogP contribution in [0.5, 0.6) is 0 Å². The first-order valence-electron chi connectivity index (χ1n) is 13.4. The summed E-state index contributed by atoms with van der Waals surface area (Å²) >= 11 is 0.738. The fraction of sp³-hybridized carbons (Fsp3) is 0.353. The lowest BCUT2D eigenvalue weighted by atomic mass is 10.2. The summed E-state index contributed by atoms with van der Waals surface area (Å²) in [5.41, 5.74) is -0.535. The molecule has 0 bridgehead atoms. The third-order valence-corrected chi connectivity index (χ3v) is 4.01. The minimum atomic E-state index is -2.78. The van der Waals surface area contributed by atoms with Gasteiger partial charge < -0.3 is 15.1 Å². The first-order valence-corrected chi connectivity index (χ1v) is 7.23. The lowest BCUT2D eigenvalue weighted by Gasteiger charge is -2.34. The Morgan fingerprint density at radius 2 is 2.23 bits per heavy atom. The van der Waals surface area contributed by atoms with Crippen molar-refractivity contribution in [2.45, 2.75) is 6.85 Å². The van der Waals surface area contributed by atoms with Gasteiger partial charge in [-0.2, -0.15) is 0 Å². The van der Waals surface area contributed by atoms with E-state index in [1.165, 1.54) is 6.07 Å². The average molecular weight is 327 g/mol. The number of fused-ring (bicyclic) bond motifs is 2. The number of likely N-dealkylation sites (N-methyl/N-ethyl adjacent to an activating group) is 1. The van der Waals surface area contributed by atoms with Gasteiger partial charge in [0.25, 0.3) is 0 Å². The molecule has 2 aliphatic heterocycles. The van der Waals surface area contributed by atoms with Crippen LogP contribution in [0.2, 0.25) is 0 Å². The number of nitrogens with zero attached hydrogens (tertiary/aromatic N) is 3. The molecule has 2 aliphatic rings. The molecule has 0 spiro atoms. The Kier molecular flexibility index (Phi) is 1.32. The van der Waals surface area contributed by atoms with Crippen LogP contribution in [0.1, 0.15) is 29.6 Å². The Morgan fingerprint density at radius 1 is 1.36 bits per heavy atom. The van der Waals surface area contributed by atoms with Crippen molar-refractivity contribution in [3.8, 4) is 0 Å². The van der Waals surface area contributed by atoms with Crippen molar-refractivity contribution < 1.29 is 19.2 Å². The van der Waals surface area contributed by atoms with Crippen LogP contribution < -0.4 is 5.32 Å². The van der Waals surface area contributed by atoms with Gasteiger partial charge >= 0.3 is 0 Å². The minimum absolute atomic E-state index is 0.0331. The van der Waals surface area contributed by atoms with Crippen LogP contribution >= 0.6 is 11.3 Å². The van der Waals surface area contributed by atoms with E-state index in [9.17, 15) is 0 Å². The van der Waals surface area contributed by atoms with Gasteiger partial charge in [-0.3, -0.25) is 0 Å². The van der Waals surface area contributed by atoms with E-state index in [4.69, 9.17) is 19.2 Å². The monoisotopic (exact) mass is 326 g/mol. The third kappa shape index (κ3) is 2.40. The van der Waals surface area contributed by atoms with E-state index >= 15 is 0 Å². The fourth-order valence-corrected chi connectivity index (χ4v) is 2.96. The van der Waals surface area contributed by atoms with Crippen LogP contribution in [0.3, 0.4) is 0 Å². The molecule has 1 saturated heterocycles. The number of piperazine rings is 1. The molecule has 1 fully saturated rings. The predicted octanol–water partition coefficient (Wildman–Crippen LogP) is 3.44. The molecule has 4 rings (SSSR count). The van der Waals surface area contributed by atoms with E-state index < -0.39 is 69.9 Å². The van der Waals surface area contributed by atoms with Crippen LogP contribution in [-0.2, 0) is 0 Å². The molecule has 22 heavy (non-hydrogen) atoms. The van der Waals surface area contributed by atoms with Gasteiger partial charge in [0.15, 0.2) is 0 Å². The maximum atomic E-state index is 8.59. The van der Waals surface area contributed by atoms with Crippen molar-refractivity contribution >= 4 is 33.5 Å². The van der Waals surface area contributed by atoms with Gasteiger partial charge in [0.1, 0.15) is 10.8 Å². The Bertz CT molecular complexity index is 1240. The Labute approximate surface area is 154 Å². The van der Waals surface area contributed by atoms with Crippen molar-refractivity contribution in [2.75, 3.05) is 38.4 Å². The van der Waals surface area contributed by atoms with E-state index in [2.05, 4.69) is 10.3 Å². The summed E-state index contributed by atoms with van der Waals surface area (Å²) in [7, 11) is 0. The summed E-state index contributed by atoms with van der Waals surface area (Å²) < 4.78 is 113. The Hall–Kier alpha value is -1.85. The molecule has 0 radical (unpaired) electrons. The van der Waals surface area contributed by atoms with Crippen molar-refractivity contribution in [1.29, 1.82) is 0 Å². The number of aliphatic imine (C=N–C) groups is 1. The summed E-state index contributed by atoms with van der Waals surface area (Å²) in [5, 5.41) is 2.86. The zero-order valence-electron chi connectivity index (χ0n) is 25.2. The number of nitrogens with one attached hydrogen (secondary N) is 1. The molecule has 0 saturated carbocycles. The lowest BCUT2D eigenvalue weighted by molar-refractivity contribution is 0.216. The molecule has 1 aromatic carbocycles. The van der Waals surface area contributed by atoms with Crippen molar-refractivity contribution in [2.24, 2.45) is 4.99 Å². The molecule has 5 heteroatoms. The molecular weight excluding hydrogens is 292 g/mol. The number of hydrogen-bond donors (Lipinski definition) is 1. The van der Waals surface area contributed by atoms with Gasteiger partial charge in [0.2, 0.25) is 0 Å². The highest BCUT2D eigenvalue weighted by Crippen LogP contribution is 2.39. The van der Waals surface area contributed by atoms with Crippen LogP contribution in [-0.4, -0.2) is 48.7 Å². The maximum absolute atomic E-state index is 8.59. The average Bonchev–Trinajstić information content (AvgIpc) is 3.07. The van der Waals surface area contributed by atoms with Gasteiger partial charge in [0.05, 0.1) is 27.9 Å². The Morgan fingerprint density at radius 3 is 3.05 bits per heavy atom. The number of hydrogen-bond acceptors (Lipinski definition) is 5. The topological polar surface area (TPSA) is 30.9 Å². The smallest absolute Gasteiger partial charge is 0.139 e. The van der Waals surface area contributed by atoms with Gasteiger partial charge in [0, 0.05) is 39.2 Å². The highest BCUT2D eigenvalue weighted by molar-refractivity contribution is 7.16. The number of anilines is 2. The third-order valence-electron chi connectivity index (χ3n) is 3.15. The second-order valence-corrected chi connectivity index (χ2v) is 5.70. The van der Waals surface area contributed by atoms with Crippen molar-refractivity contribution in [3.05, 3.63) is 40.7 Å². The maximum Gasteiger partial charge on any atom is 0.139 e. The standard InChI is InChI=1S/C17H20N4S/c1-12-11-13-16(21-9-7-20(2)8-10-21)18-14-5-3-4-6-15(14)19-17(13)22-12/h3-6,11,19H,7-10H2,1-2H3/i1D3,2D3,3D,4D,5D,6D,9D2,10D2. The first-order chi connectivity index (χ1) is 16.3. The molecule has 4 nitrogen and oxygen atoms in total. The van der Waals surface area contributed by atoms with Crippen LogP contribution in [0.4, 0.5) is 16.4 Å². The van der Waals surface area contributed by atoms with Gasteiger partial charge in [-0.05, 0) is 32.0 Å². The van der Waals surface area contributed by atoms with Crippen LogP contribution in [0, 0.1) is 6.85 Å². The molecule has 0 aliphatic carbocycles. The lowest BCUT2D eigenvalue weighted by Crippen LogP contribution is -2.47. The molecule has 2 aromatic rings.